The normalized spacial score (nSPS) is 23.1. The van der Waals surface area contributed by atoms with Gasteiger partial charge in [0.25, 0.3) is 5.91 Å². The van der Waals surface area contributed by atoms with Crippen molar-refractivity contribution in [3.8, 4) is 0 Å². The summed E-state index contributed by atoms with van der Waals surface area (Å²) in [7, 11) is 0. The molecule has 0 bridgehead atoms. The van der Waals surface area contributed by atoms with Gasteiger partial charge in [0, 0.05) is 24.0 Å². The second-order valence-electron chi connectivity index (χ2n) is 4.43. The number of carbonyl (C=O) groups excluding carboxylic acids is 1. The number of thiophene rings is 1. The van der Waals surface area contributed by atoms with Crippen molar-refractivity contribution in [2.45, 2.75) is 38.3 Å². The van der Waals surface area contributed by atoms with Gasteiger partial charge in [-0.1, -0.05) is 0 Å². The monoisotopic (exact) mass is 238 g/mol. The van der Waals surface area contributed by atoms with E-state index in [1.54, 1.807) is 11.3 Å². The van der Waals surface area contributed by atoms with Gasteiger partial charge in [0.2, 0.25) is 0 Å². The van der Waals surface area contributed by atoms with Crippen molar-refractivity contribution in [2.24, 2.45) is 5.73 Å². The van der Waals surface area contributed by atoms with Crippen molar-refractivity contribution in [1.82, 2.24) is 4.90 Å². The topological polar surface area (TPSA) is 46.3 Å². The van der Waals surface area contributed by atoms with Gasteiger partial charge >= 0.3 is 0 Å². The highest BCUT2D eigenvalue weighted by molar-refractivity contribution is 7.08. The lowest BCUT2D eigenvalue weighted by Gasteiger charge is -2.37. The molecule has 1 amide bonds. The van der Waals surface area contributed by atoms with Crippen LogP contribution in [0.3, 0.4) is 0 Å². The van der Waals surface area contributed by atoms with E-state index in [9.17, 15) is 4.79 Å². The van der Waals surface area contributed by atoms with Gasteiger partial charge < -0.3 is 10.6 Å². The highest BCUT2D eigenvalue weighted by atomic mass is 32.1. The molecule has 1 aromatic heterocycles. The van der Waals surface area contributed by atoms with Crippen LogP contribution in [-0.2, 0) is 0 Å². The fourth-order valence-corrected chi connectivity index (χ4v) is 2.94. The Labute approximate surface area is 100 Å². The van der Waals surface area contributed by atoms with Crippen LogP contribution in [0, 0.1) is 0 Å². The Hall–Kier alpha value is -0.870. The number of carbonyl (C=O) groups is 1. The molecular weight excluding hydrogens is 220 g/mol. The van der Waals surface area contributed by atoms with E-state index < -0.39 is 0 Å². The Balaban J connectivity index is 2.14. The molecule has 2 N–H and O–H groups in total. The lowest BCUT2D eigenvalue weighted by Crippen LogP contribution is -2.51. The summed E-state index contributed by atoms with van der Waals surface area (Å²) in [5, 5.41) is 3.85. The van der Waals surface area contributed by atoms with E-state index in [1.807, 2.05) is 28.7 Å². The molecule has 16 heavy (non-hydrogen) atoms. The fraction of sp³-hybridized carbons (Fsp3) is 0.583. The van der Waals surface area contributed by atoms with Crippen LogP contribution in [0.5, 0.6) is 0 Å². The first-order chi connectivity index (χ1) is 7.70. The minimum atomic E-state index is 0.0582. The molecule has 0 aromatic carbocycles. The molecule has 4 heteroatoms. The molecule has 1 fully saturated rings. The first kappa shape index (κ1) is 11.6. The van der Waals surface area contributed by atoms with E-state index in [2.05, 4.69) is 0 Å². The van der Waals surface area contributed by atoms with Crippen LogP contribution in [0.4, 0.5) is 0 Å². The number of likely N-dealkylation sites (tertiary alicyclic amines) is 1. The lowest BCUT2D eigenvalue weighted by atomic mass is 9.96. The second-order valence-corrected chi connectivity index (χ2v) is 5.21. The second kappa shape index (κ2) is 4.97. The summed E-state index contributed by atoms with van der Waals surface area (Å²) in [6.45, 7) is 2.84. The maximum absolute atomic E-state index is 12.3. The number of hydrogen-bond acceptors (Lipinski definition) is 3. The van der Waals surface area contributed by atoms with Crippen LogP contribution in [-0.4, -0.2) is 29.4 Å². The Kier molecular flexibility index (Phi) is 3.61. The summed E-state index contributed by atoms with van der Waals surface area (Å²) >= 11 is 1.56. The van der Waals surface area contributed by atoms with Gasteiger partial charge in [-0.25, -0.2) is 0 Å². The highest BCUT2D eigenvalue weighted by Gasteiger charge is 2.29. The van der Waals surface area contributed by atoms with Gasteiger partial charge in [0.05, 0.1) is 5.56 Å². The maximum Gasteiger partial charge on any atom is 0.255 e. The molecule has 1 aliphatic rings. The number of rotatable bonds is 2. The van der Waals surface area contributed by atoms with E-state index in [0.717, 1.165) is 24.9 Å². The summed E-state index contributed by atoms with van der Waals surface area (Å²) in [4.78, 5) is 14.2. The molecule has 2 unspecified atom stereocenters. The molecule has 3 nitrogen and oxygen atoms in total. The minimum Gasteiger partial charge on any atom is -0.334 e. The van der Waals surface area contributed by atoms with E-state index in [-0.39, 0.29) is 18.0 Å². The molecule has 0 radical (unpaired) electrons. The lowest BCUT2D eigenvalue weighted by molar-refractivity contribution is 0.0584. The molecule has 1 saturated heterocycles. The maximum atomic E-state index is 12.3. The Morgan fingerprint density at radius 1 is 1.62 bits per heavy atom. The number of hydrogen-bond donors (Lipinski definition) is 1. The summed E-state index contributed by atoms with van der Waals surface area (Å²) in [5.41, 5.74) is 6.76. The number of amides is 1. The van der Waals surface area contributed by atoms with Gasteiger partial charge in [-0.3, -0.25) is 4.79 Å². The molecule has 1 aliphatic heterocycles. The SMILES string of the molecule is CC(N)C1CCCCN1C(=O)c1ccsc1. The van der Waals surface area contributed by atoms with E-state index in [4.69, 9.17) is 5.73 Å². The van der Waals surface area contributed by atoms with Crippen LogP contribution in [0.2, 0.25) is 0 Å². The summed E-state index contributed by atoms with van der Waals surface area (Å²) in [6.07, 6.45) is 3.31. The summed E-state index contributed by atoms with van der Waals surface area (Å²) in [5.74, 6) is 0.142. The van der Waals surface area contributed by atoms with Crippen LogP contribution < -0.4 is 5.73 Å². The van der Waals surface area contributed by atoms with Crippen molar-refractivity contribution in [2.75, 3.05) is 6.54 Å². The highest BCUT2D eigenvalue weighted by Crippen LogP contribution is 2.22. The standard InChI is InChI=1S/C12H18N2OS/c1-9(13)11-4-2-3-6-14(11)12(15)10-5-7-16-8-10/h5,7-9,11H,2-4,6,13H2,1H3. The molecule has 1 aromatic rings. The van der Waals surface area contributed by atoms with Gasteiger partial charge in [-0.15, -0.1) is 0 Å². The zero-order valence-electron chi connectivity index (χ0n) is 9.56. The van der Waals surface area contributed by atoms with Crippen molar-refractivity contribution in [3.63, 3.8) is 0 Å². The molecule has 2 heterocycles. The fourth-order valence-electron chi connectivity index (χ4n) is 2.31. The van der Waals surface area contributed by atoms with Crippen LogP contribution in [0.25, 0.3) is 0 Å². The van der Waals surface area contributed by atoms with E-state index in [0.29, 0.717) is 0 Å². The Bertz CT molecular complexity index is 348. The average molecular weight is 238 g/mol. The zero-order chi connectivity index (χ0) is 11.5. The number of nitrogens with zero attached hydrogens (tertiary/aromatic N) is 1. The molecular formula is C12H18N2OS. The number of nitrogens with two attached hydrogens (primary N) is 1. The van der Waals surface area contributed by atoms with Crippen molar-refractivity contribution in [3.05, 3.63) is 22.4 Å². The summed E-state index contributed by atoms with van der Waals surface area (Å²) in [6, 6.07) is 2.16. The van der Waals surface area contributed by atoms with E-state index >= 15 is 0 Å². The third-order valence-corrected chi connectivity index (χ3v) is 3.87. The third-order valence-electron chi connectivity index (χ3n) is 3.19. The first-order valence-electron chi connectivity index (χ1n) is 5.79. The van der Waals surface area contributed by atoms with Gasteiger partial charge in [-0.05, 0) is 37.6 Å². The van der Waals surface area contributed by atoms with Crippen molar-refractivity contribution >= 4 is 17.2 Å². The van der Waals surface area contributed by atoms with Crippen LogP contribution in [0.1, 0.15) is 36.5 Å². The largest absolute Gasteiger partial charge is 0.334 e. The Morgan fingerprint density at radius 2 is 2.44 bits per heavy atom. The average Bonchev–Trinajstić information content (AvgIpc) is 2.81. The summed E-state index contributed by atoms with van der Waals surface area (Å²) < 4.78 is 0. The molecule has 2 rings (SSSR count). The Morgan fingerprint density at radius 3 is 3.06 bits per heavy atom. The molecule has 0 spiro atoms. The quantitative estimate of drug-likeness (QED) is 0.857. The van der Waals surface area contributed by atoms with Crippen LogP contribution >= 0.6 is 11.3 Å². The number of piperidine rings is 1. The predicted molar refractivity (Wildman–Crippen MR) is 66.6 cm³/mol. The van der Waals surface area contributed by atoms with Gasteiger partial charge in [-0.2, -0.15) is 11.3 Å². The smallest absolute Gasteiger partial charge is 0.255 e. The molecule has 0 saturated carbocycles. The van der Waals surface area contributed by atoms with Gasteiger partial charge in [0.15, 0.2) is 0 Å². The predicted octanol–water partition coefficient (Wildman–Crippen LogP) is 2.09. The molecule has 2 atom stereocenters. The first-order valence-corrected chi connectivity index (χ1v) is 6.73. The van der Waals surface area contributed by atoms with Crippen molar-refractivity contribution in [1.29, 1.82) is 0 Å². The van der Waals surface area contributed by atoms with Crippen molar-refractivity contribution < 1.29 is 4.79 Å². The molecule has 88 valence electrons. The van der Waals surface area contributed by atoms with E-state index in [1.165, 1.54) is 6.42 Å². The van der Waals surface area contributed by atoms with Crippen LogP contribution in [0.15, 0.2) is 16.8 Å². The molecule has 0 aliphatic carbocycles. The zero-order valence-corrected chi connectivity index (χ0v) is 10.4. The van der Waals surface area contributed by atoms with Gasteiger partial charge in [0.1, 0.15) is 0 Å². The third kappa shape index (κ3) is 2.28. The minimum absolute atomic E-state index is 0.0582.